The molecule has 4 nitrogen and oxygen atoms in total. The van der Waals surface area contributed by atoms with Crippen LogP contribution in [0.25, 0.3) is 0 Å². The topological polar surface area (TPSA) is 40.6 Å². The maximum atomic E-state index is 12.3. The van der Waals surface area contributed by atoms with Crippen molar-refractivity contribution in [1.29, 1.82) is 0 Å². The summed E-state index contributed by atoms with van der Waals surface area (Å²) in [5.74, 6) is -0.302. The molecule has 0 aliphatic carbocycles. The van der Waals surface area contributed by atoms with Crippen LogP contribution < -0.4 is 4.90 Å². The first-order valence-corrected chi connectivity index (χ1v) is 8.54. The fraction of sp³-hybridized carbons (Fsp3) is 0.300. The monoisotopic (exact) mass is 320 g/mol. The Balaban J connectivity index is 1.32. The molecule has 0 radical (unpaired) electrons. The standard InChI is InChI=1S/C20H20N2O2/c23-19-16-8-2-3-9-17(16)20(24)22(19)13-6-5-12-21-14-11-15-7-1-4-10-18(15)21/h1-4,7-10H,5-6,11-14H2. The number of hydrogen-bond donors (Lipinski definition) is 0. The van der Waals surface area contributed by atoms with E-state index in [0.29, 0.717) is 17.7 Å². The van der Waals surface area contributed by atoms with Crippen molar-refractivity contribution in [3.05, 3.63) is 65.2 Å². The summed E-state index contributed by atoms with van der Waals surface area (Å²) in [6.07, 6.45) is 2.92. The third-order valence-corrected chi connectivity index (χ3v) is 4.92. The molecular weight excluding hydrogens is 300 g/mol. The molecule has 0 saturated carbocycles. The number of nitrogens with zero attached hydrogens (tertiary/aromatic N) is 2. The number of para-hydroxylation sites is 1. The van der Waals surface area contributed by atoms with Crippen LogP contribution in [0.3, 0.4) is 0 Å². The smallest absolute Gasteiger partial charge is 0.261 e. The minimum atomic E-state index is -0.151. The van der Waals surface area contributed by atoms with Crippen LogP contribution in [0.5, 0.6) is 0 Å². The highest BCUT2D eigenvalue weighted by Crippen LogP contribution is 2.28. The number of hydrogen-bond acceptors (Lipinski definition) is 3. The molecule has 0 aromatic heterocycles. The highest BCUT2D eigenvalue weighted by molar-refractivity contribution is 6.21. The number of imide groups is 1. The molecule has 0 bridgehead atoms. The minimum absolute atomic E-state index is 0.151. The number of fused-ring (bicyclic) bond motifs is 2. The van der Waals surface area contributed by atoms with Crippen molar-refractivity contribution < 1.29 is 9.59 Å². The molecule has 0 atom stereocenters. The molecule has 0 spiro atoms. The van der Waals surface area contributed by atoms with Crippen LogP contribution >= 0.6 is 0 Å². The van der Waals surface area contributed by atoms with Crippen molar-refractivity contribution in [3.8, 4) is 0 Å². The van der Waals surface area contributed by atoms with E-state index in [9.17, 15) is 9.59 Å². The van der Waals surface area contributed by atoms with Crippen LogP contribution in [0.2, 0.25) is 0 Å². The molecule has 2 aromatic carbocycles. The van der Waals surface area contributed by atoms with Crippen LogP contribution in [0, 0.1) is 0 Å². The van der Waals surface area contributed by atoms with Crippen molar-refractivity contribution in [3.63, 3.8) is 0 Å². The Hall–Kier alpha value is -2.62. The van der Waals surface area contributed by atoms with Gasteiger partial charge in [0, 0.05) is 25.3 Å². The summed E-state index contributed by atoms with van der Waals surface area (Å²) in [7, 11) is 0. The molecule has 2 aliphatic rings. The molecule has 0 fully saturated rings. The van der Waals surface area contributed by atoms with Gasteiger partial charge in [0.2, 0.25) is 0 Å². The van der Waals surface area contributed by atoms with E-state index < -0.39 is 0 Å². The first kappa shape index (κ1) is 14.9. The lowest BCUT2D eigenvalue weighted by Gasteiger charge is -2.20. The Morgan fingerprint density at radius 1 is 0.792 bits per heavy atom. The van der Waals surface area contributed by atoms with Gasteiger partial charge < -0.3 is 4.90 Å². The molecule has 0 unspecified atom stereocenters. The molecule has 4 rings (SSSR count). The van der Waals surface area contributed by atoms with Crippen molar-refractivity contribution in [2.45, 2.75) is 19.3 Å². The number of amides is 2. The number of unbranched alkanes of at least 4 members (excludes halogenated alkanes) is 1. The summed E-state index contributed by atoms with van der Waals surface area (Å²) in [5.41, 5.74) is 3.82. The molecule has 24 heavy (non-hydrogen) atoms. The third-order valence-electron chi connectivity index (χ3n) is 4.92. The van der Waals surface area contributed by atoms with Gasteiger partial charge in [-0.25, -0.2) is 0 Å². The Kier molecular flexibility index (Phi) is 3.81. The summed E-state index contributed by atoms with van der Waals surface area (Å²) in [4.78, 5) is 28.4. The first-order valence-electron chi connectivity index (χ1n) is 8.54. The number of rotatable bonds is 5. The van der Waals surface area contributed by atoms with Crippen LogP contribution in [0.4, 0.5) is 5.69 Å². The summed E-state index contributed by atoms with van der Waals surface area (Å²) in [5, 5.41) is 0. The predicted molar refractivity (Wildman–Crippen MR) is 93.4 cm³/mol. The average Bonchev–Trinajstić information content (AvgIpc) is 3.13. The summed E-state index contributed by atoms with van der Waals surface area (Å²) < 4.78 is 0. The molecule has 4 heteroatoms. The van der Waals surface area contributed by atoms with Crippen molar-refractivity contribution >= 4 is 17.5 Å². The van der Waals surface area contributed by atoms with Gasteiger partial charge in [-0.3, -0.25) is 14.5 Å². The lowest BCUT2D eigenvalue weighted by molar-refractivity contribution is 0.0652. The fourth-order valence-electron chi connectivity index (χ4n) is 3.65. The van der Waals surface area contributed by atoms with Gasteiger partial charge in [0.1, 0.15) is 0 Å². The fourth-order valence-corrected chi connectivity index (χ4v) is 3.65. The van der Waals surface area contributed by atoms with Gasteiger partial charge in [0.05, 0.1) is 11.1 Å². The minimum Gasteiger partial charge on any atom is -0.371 e. The highest BCUT2D eigenvalue weighted by atomic mass is 16.2. The number of anilines is 1. The number of carbonyl (C=O) groups excluding carboxylic acids is 2. The molecule has 2 heterocycles. The van der Waals surface area contributed by atoms with E-state index in [-0.39, 0.29) is 11.8 Å². The maximum absolute atomic E-state index is 12.3. The predicted octanol–water partition coefficient (Wildman–Crippen LogP) is 3.13. The van der Waals surface area contributed by atoms with Gasteiger partial charge >= 0.3 is 0 Å². The van der Waals surface area contributed by atoms with E-state index >= 15 is 0 Å². The average molecular weight is 320 g/mol. The molecule has 2 aromatic rings. The molecule has 122 valence electrons. The number of benzene rings is 2. The Labute approximate surface area is 141 Å². The Bertz CT molecular complexity index is 765. The van der Waals surface area contributed by atoms with Crippen molar-refractivity contribution in [2.75, 3.05) is 24.5 Å². The van der Waals surface area contributed by atoms with E-state index in [4.69, 9.17) is 0 Å². The SMILES string of the molecule is O=C1c2ccccc2C(=O)N1CCCCN1CCc2ccccc21. The lowest BCUT2D eigenvalue weighted by atomic mass is 10.1. The number of carbonyl (C=O) groups is 2. The second-order valence-electron chi connectivity index (χ2n) is 6.38. The Morgan fingerprint density at radius 3 is 2.17 bits per heavy atom. The van der Waals surface area contributed by atoms with Gasteiger partial charge in [-0.15, -0.1) is 0 Å². The van der Waals surface area contributed by atoms with Crippen molar-refractivity contribution in [2.24, 2.45) is 0 Å². The van der Waals surface area contributed by atoms with Gasteiger partial charge in [-0.2, -0.15) is 0 Å². The molecule has 2 amide bonds. The van der Waals surface area contributed by atoms with Crippen molar-refractivity contribution in [1.82, 2.24) is 4.90 Å². The maximum Gasteiger partial charge on any atom is 0.261 e. The van der Waals surface area contributed by atoms with E-state index in [0.717, 1.165) is 32.4 Å². The summed E-state index contributed by atoms with van der Waals surface area (Å²) in [6, 6.07) is 15.6. The largest absolute Gasteiger partial charge is 0.371 e. The van der Waals surface area contributed by atoms with E-state index in [1.54, 1.807) is 24.3 Å². The first-order chi connectivity index (χ1) is 11.8. The second kappa shape index (κ2) is 6.11. The van der Waals surface area contributed by atoms with Gasteiger partial charge in [-0.1, -0.05) is 30.3 Å². The summed E-state index contributed by atoms with van der Waals surface area (Å²) >= 11 is 0. The summed E-state index contributed by atoms with van der Waals surface area (Å²) in [6.45, 7) is 2.54. The molecule has 0 N–H and O–H groups in total. The van der Waals surface area contributed by atoms with Crippen LogP contribution in [0.15, 0.2) is 48.5 Å². The zero-order valence-corrected chi connectivity index (χ0v) is 13.6. The van der Waals surface area contributed by atoms with Crippen LogP contribution in [-0.2, 0) is 6.42 Å². The van der Waals surface area contributed by atoms with E-state index in [2.05, 4.69) is 29.2 Å². The third kappa shape index (κ3) is 2.48. The van der Waals surface area contributed by atoms with Gasteiger partial charge in [0.15, 0.2) is 0 Å². The normalized spacial score (nSPS) is 15.8. The highest BCUT2D eigenvalue weighted by Gasteiger charge is 2.34. The molecule has 0 saturated heterocycles. The Morgan fingerprint density at radius 2 is 1.42 bits per heavy atom. The van der Waals surface area contributed by atoms with Gasteiger partial charge in [-0.05, 0) is 43.0 Å². The molecular formula is C20H20N2O2. The lowest BCUT2D eigenvalue weighted by Crippen LogP contribution is -2.31. The van der Waals surface area contributed by atoms with Gasteiger partial charge in [0.25, 0.3) is 11.8 Å². The van der Waals surface area contributed by atoms with Crippen LogP contribution in [0.1, 0.15) is 39.1 Å². The zero-order valence-electron chi connectivity index (χ0n) is 13.6. The van der Waals surface area contributed by atoms with E-state index in [1.165, 1.54) is 16.2 Å². The zero-order chi connectivity index (χ0) is 16.5. The molecule has 2 aliphatic heterocycles. The second-order valence-corrected chi connectivity index (χ2v) is 6.38. The van der Waals surface area contributed by atoms with Crippen LogP contribution in [-0.4, -0.2) is 36.3 Å². The van der Waals surface area contributed by atoms with E-state index in [1.807, 2.05) is 0 Å². The quantitative estimate of drug-likeness (QED) is 0.628.